The van der Waals surface area contributed by atoms with E-state index in [0.29, 0.717) is 17.4 Å². The molecule has 3 rings (SSSR count). The lowest BCUT2D eigenvalue weighted by molar-refractivity contribution is 0.601. The molecular weight excluding hydrogens is 370 g/mol. The van der Waals surface area contributed by atoms with E-state index in [9.17, 15) is 8.42 Å². The Hall–Kier alpha value is -2.86. The van der Waals surface area contributed by atoms with Crippen molar-refractivity contribution in [3.8, 4) is 0 Å². The molecule has 0 spiro atoms. The van der Waals surface area contributed by atoms with Gasteiger partial charge in [-0.15, -0.1) is 0 Å². The topological polar surface area (TPSA) is 71.1 Å². The lowest BCUT2D eigenvalue weighted by Gasteiger charge is -2.11. The largest absolute Gasteiger partial charge is 0.340 e. The predicted octanol–water partition coefficient (Wildman–Crippen LogP) is 5.37. The molecule has 28 heavy (non-hydrogen) atoms. The number of nitrogens with one attached hydrogen (secondary N) is 2. The smallest absolute Gasteiger partial charge is 0.261 e. The Morgan fingerprint density at radius 1 is 0.857 bits per heavy atom. The number of rotatable bonds is 6. The fraction of sp³-hybridized carbons (Fsp3) is 0.227. The molecule has 2 aromatic carbocycles. The molecule has 0 amide bonds. The monoisotopic (exact) mass is 395 g/mol. The second-order valence-corrected chi connectivity index (χ2v) is 8.87. The Balaban J connectivity index is 1.70. The van der Waals surface area contributed by atoms with Crippen molar-refractivity contribution in [2.75, 3.05) is 10.0 Å². The van der Waals surface area contributed by atoms with Crippen LogP contribution in [0.5, 0.6) is 0 Å². The van der Waals surface area contributed by atoms with Crippen LogP contribution in [0.2, 0.25) is 0 Å². The summed E-state index contributed by atoms with van der Waals surface area (Å²) in [6.07, 6.45) is 1.50. The lowest BCUT2D eigenvalue weighted by Crippen LogP contribution is -2.13. The summed E-state index contributed by atoms with van der Waals surface area (Å²) in [5.41, 5.74) is 4.61. The first kappa shape index (κ1) is 19.9. The highest BCUT2D eigenvalue weighted by Gasteiger charge is 2.15. The van der Waals surface area contributed by atoms with Gasteiger partial charge in [-0.1, -0.05) is 32.0 Å². The van der Waals surface area contributed by atoms with Crippen LogP contribution in [0, 0.1) is 13.8 Å². The highest BCUT2D eigenvalue weighted by molar-refractivity contribution is 7.92. The molecule has 2 N–H and O–H groups in total. The third kappa shape index (κ3) is 4.70. The standard InChI is InChI=1S/C22H25N3O2S/c1-15(2)18-6-8-19(9-7-18)24-22-12-10-20(14-23-22)25-28(26,27)21-11-5-16(3)17(4)13-21/h5-15,25H,1-4H3,(H,23,24). The normalized spacial score (nSPS) is 11.5. The first-order valence-corrected chi connectivity index (χ1v) is 10.7. The molecule has 0 unspecified atom stereocenters. The third-order valence-electron chi connectivity index (χ3n) is 4.65. The van der Waals surface area contributed by atoms with Crippen LogP contribution in [0.4, 0.5) is 17.2 Å². The zero-order valence-electron chi connectivity index (χ0n) is 16.5. The first-order valence-electron chi connectivity index (χ1n) is 9.18. The van der Waals surface area contributed by atoms with Crippen LogP contribution in [-0.4, -0.2) is 13.4 Å². The van der Waals surface area contributed by atoms with E-state index in [0.717, 1.165) is 16.8 Å². The minimum atomic E-state index is -3.65. The van der Waals surface area contributed by atoms with E-state index in [1.54, 1.807) is 30.3 Å². The molecule has 1 heterocycles. The van der Waals surface area contributed by atoms with Crippen molar-refractivity contribution >= 4 is 27.2 Å². The summed E-state index contributed by atoms with van der Waals surface area (Å²) in [6.45, 7) is 8.15. The summed E-state index contributed by atoms with van der Waals surface area (Å²) in [7, 11) is -3.65. The summed E-state index contributed by atoms with van der Waals surface area (Å²) in [6, 6.07) is 16.7. The molecule has 5 nitrogen and oxygen atoms in total. The molecule has 0 saturated heterocycles. The van der Waals surface area contributed by atoms with Gasteiger partial charge < -0.3 is 5.32 Å². The maximum Gasteiger partial charge on any atom is 0.261 e. The fourth-order valence-electron chi connectivity index (χ4n) is 2.72. The average Bonchev–Trinajstić information content (AvgIpc) is 2.65. The summed E-state index contributed by atoms with van der Waals surface area (Å²) in [5, 5.41) is 3.22. The number of aryl methyl sites for hydroxylation is 2. The van der Waals surface area contributed by atoms with Gasteiger partial charge in [0, 0.05) is 5.69 Å². The zero-order valence-corrected chi connectivity index (χ0v) is 17.3. The first-order chi connectivity index (χ1) is 13.2. The Kier molecular flexibility index (Phi) is 5.70. The van der Waals surface area contributed by atoms with Gasteiger partial charge in [-0.25, -0.2) is 13.4 Å². The minimum absolute atomic E-state index is 0.239. The third-order valence-corrected chi connectivity index (χ3v) is 6.03. The van der Waals surface area contributed by atoms with Crippen molar-refractivity contribution in [2.45, 2.75) is 38.5 Å². The summed E-state index contributed by atoms with van der Waals surface area (Å²) < 4.78 is 27.7. The van der Waals surface area contributed by atoms with Crippen molar-refractivity contribution in [1.29, 1.82) is 0 Å². The van der Waals surface area contributed by atoms with Gasteiger partial charge in [0.15, 0.2) is 0 Å². The van der Waals surface area contributed by atoms with Crippen LogP contribution in [-0.2, 0) is 10.0 Å². The number of hydrogen-bond acceptors (Lipinski definition) is 4. The molecule has 0 bridgehead atoms. The molecular formula is C22H25N3O2S. The van der Waals surface area contributed by atoms with Gasteiger partial charge in [0.1, 0.15) is 5.82 Å². The Bertz CT molecular complexity index is 1060. The number of benzene rings is 2. The fourth-order valence-corrected chi connectivity index (χ4v) is 3.85. The van der Waals surface area contributed by atoms with Crippen LogP contribution in [0.25, 0.3) is 0 Å². The van der Waals surface area contributed by atoms with Gasteiger partial charge in [-0.05, 0) is 72.9 Å². The van der Waals surface area contributed by atoms with Crippen LogP contribution < -0.4 is 10.0 Å². The van der Waals surface area contributed by atoms with Crippen LogP contribution in [0.3, 0.4) is 0 Å². The number of sulfonamides is 1. The lowest BCUT2D eigenvalue weighted by atomic mass is 10.0. The predicted molar refractivity (Wildman–Crippen MR) is 115 cm³/mol. The molecule has 0 aliphatic rings. The van der Waals surface area contributed by atoms with Crippen molar-refractivity contribution in [2.24, 2.45) is 0 Å². The summed E-state index contributed by atoms with van der Waals surface area (Å²) in [5.74, 6) is 1.13. The maximum absolute atomic E-state index is 12.6. The molecule has 1 aromatic heterocycles. The molecule has 0 aliphatic heterocycles. The Labute approximate surface area is 166 Å². The van der Waals surface area contributed by atoms with E-state index in [4.69, 9.17) is 0 Å². The number of nitrogens with zero attached hydrogens (tertiary/aromatic N) is 1. The number of aromatic nitrogens is 1. The average molecular weight is 396 g/mol. The second-order valence-electron chi connectivity index (χ2n) is 7.19. The Morgan fingerprint density at radius 3 is 2.11 bits per heavy atom. The number of hydrogen-bond donors (Lipinski definition) is 2. The second kappa shape index (κ2) is 8.02. The highest BCUT2D eigenvalue weighted by atomic mass is 32.2. The SMILES string of the molecule is Cc1ccc(S(=O)(=O)Nc2ccc(Nc3ccc(C(C)C)cc3)nc2)cc1C. The number of anilines is 3. The van der Waals surface area contributed by atoms with Gasteiger partial charge >= 0.3 is 0 Å². The van der Waals surface area contributed by atoms with Gasteiger partial charge in [-0.2, -0.15) is 0 Å². The Morgan fingerprint density at radius 2 is 1.54 bits per heavy atom. The van der Waals surface area contributed by atoms with Crippen molar-refractivity contribution < 1.29 is 8.42 Å². The van der Waals surface area contributed by atoms with E-state index in [1.807, 2.05) is 26.0 Å². The van der Waals surface area contributed by atoms with E-state index >= 15 is 0 Å². The zero-order chi connectivity index (χ0) is 20.3. The molecule has 146 valence electrons. The van der Waals surface area contributed by atoms with Gasteiger partial charge in [0.05, 0.1) is 16.8 Å². The van der Waals surface area contributed by atoms with E-state index in [-0.39, 0.29) is 4.90 Å². The molecule has 0 saturated carbocycles. The van der Waals surface area contributed by atoms with E-state index in [2.05, 4.69) is 41.0 Å². The van der Waals surface area contributed by atoms with Gasteiger partial charge in [-0.3, -0.25) is 4.72 Å². The maximum atomic E-state index is 12.6. The number of pyridine rings is 1. The summed E-state index contributed by atoms with van der Waals surface area (Å²) >= 11 is 0. The van der Waals surface area contributed by atoms with Gasteiger partial charge in [0.25, 0.3) is 10.0 Å². The minimum Gasteiger partial charge on any atom is -0.340 e. The molecule has 0 atom stereocenters. The van der Waals surface area contributed by atoms with Crippen LogP contribution in [0.1, 0.15) is 36.5 Å². The van der Waals surface area contributed by atoms with Crippen molar-refractivity contribution in [3.63, 3.8) is 0 Å². The van der Waals surface area contributed by atoms with E-state index in [1.165, 1.54) is 11.8 Å². The van der Waals surface area contributed by atoms with Crippen LogP contribution >= 0.6 is 0 Å². The van der Waals surface area contributed by atoms with Crippen LogP contribution in [0.15, 0.2) is 65.7 Å². The molecule has 0 fully saturated rings. The summed E-state index contributed by atoms with van der Waals surface area (Å²) in [4.78, 5) is 4.54. The molecule has 6 heteroatoms. The molecule has 0 aliphatic carbocycles. The highest BCUT2D eigenvalue weighted by Crippen LogP contribution is 2.22. The van der Waals surface area contributed by atoms with E-state index < -0.39 is 10.0 Å². The quantitative estimate of drug-likeness (QED) is 0.589. The van der Waals surface area contributed by atoms with Gasteiger partial charge in [0.2, 0.25) is 0 Å². The molecule has 3 aromatic rings. The van der Waals surface area contributed by atoms with Crippen molar-refractivity contribution in [3.05, 3.63) is 77.5 Å². The van der Waals surface area contributed by atoms with Crippen molar-refractivity contribution in [1.82, 2.24) is 4.98 Å². The molecule has 0 radical (unpaired) electrons.